The van der Waals surface area contributed by atoms with Gasteiger partial charge in [0.05, 0.1) is 11.4 Å². The molecule has 0 saturated carbocycles. The number of fused-ring (bicyclic) bond motifs is 2. The molecule has 0 amide bonds. The van der Waals surface area contributed by atoms with Crippen LogP contribution in [0.3, 0.4) is 0 Å². The molecule has 0 aliphatic rings. The predicted molar refractivity (Wildman–Crippen MR) is 132 cm³/mol. The zero-order valence-electron chi connectivity index (χ0n) is 17.2. The molecular formula is C28H20N2O2. The average Bonchev–Trinajstić information content (AvgIpc) is 2.83. The molecule has 0 radical (unpaired) electrons. The summed E-state index contributed by atoms with van der Waals surface area (Å²) in [5.41, 5.74) is 2.89. The van der Waals surface area contributed by atoms with Gasteiger partial charge in [0.2, 0.25) is 0 Å². The van der Waals surface area contributed by atoms with E-state index in [1.54, 1.807) is 24.6 Å². The average molecular weight is 416 g/mol. The van der Waals surface area contributed by atoms with Crippen LogP contribution < -0.4 is 0 Å². The Labute approximate surface area is 185 Å². The lowest BCUT2D eigenvalue weighted by Crippen LogP contribution is -1.86. The molecular weight excluding hydrogens is 396 g/mol. The zero-order valence-corrected chi connectivity index (χ0v) is 17.2. The Bertz CT molecular complexity index is 1370. The molecule has 5 aromatic rings. The monoisotopic (exact) mass is 416 g/mol. The van der Waals surface area contributed by atoms with Crippen molar-refractivity contribution in [2.45, 2.75) is 0 Å². The normalized spacial score (nSPS) is 11.8. The van der Waals surface area contributed by atoms with E-state index >= 15 is 0 Å². The van der Waals surface area contributed by atoms with Crippen molar-refractivity contribution in [1.29, 1.82) is 0 Å². The summed E-state index contributed by atoms with van der Waals surface area (Å²) >= 11 is 0. The van der Waals surface area contributed by atoms with E-state index in [0.29, 0.717) is 11.1 Å². The van der Waals surface area contributed by atoms with Crippen LogP contribution in [-0.2, 0) is 0 Å². The van der Waals surface area contributed by atoms with Gasteiger partial charge in [-0.3, -0.25) is 9.98 Å². The first-order valence-electron chi connectivity index (χ1n) is 10.3. The Morgan fingerprint density at radius 2 is 0.875 bits per heavy atom. The number of hydrogen-bond acceptors (Lipinski definition) is 4. The molecule has 0 atom stereocenters. The first-order chi connectivity index (χ1) is 15.7. The van der Waals surface area contributed by atoms with E-state index in [-0.39, 0.29) is 11.5 Å². The SMILES string of the molecule is Oc1ccc2ccccc2c1/C=N/c1ccc(/N=C/c2c(O)ccc3ccccc23)cc1. The first kappa shape index (κ1) is 19.5. The van der Waals surface area contributed by atoms with E-state index in [4.69, 9.17) is 0 Å². The molecule has 0 heterocycles. The smallest absolute Gasteiger partial charge is 0.124 e. The van der Waals surface area contributed by atoms with Crippen molar-refractivity contribution in [3.05, 3.63) is 108 Å². The maximum absolute atomic E-state index is 10.3. The zero-order chi connectivity index (χ0) is 21.9. The third kappa shape index (κ3) is 3.82. The van der Waals surface area contributed by atoms with Gasteiger partial charge in [0.25, 0.3) is 0 Å². The van der Waals surface area contributed by atoms with Crippen LogP contribution >= 0.6 is 0 Å². The number of rotatable bonds is 4. The number of phenols is 2. The van der Waals surface area contributed by atoms with Crippen molar-refractivity contribution < 1.29 is 10.2 Å². The van der Waals surface area contributed by atoms with Gasteiger partial charge >= 0.3 is 0 Å². The fraction of sp³-hybridized carbons (Fsp3) is 0. The van der Waals surface area contributed by atoms with Crippen molar-refractivity contribution in [3.63, 3.8) is 0 Å². The summed E-state index contributed by atoms with van der Waals surface area (Å²) in [5, 5.41) is 24.6. The van der Waals surface area contributed by atoms with Crippen molar-refractivity contribution in [2.75, 3.05) is 0 Å². The Hall–Kier alpha value is -4.44. The molecule has 0 bridgehead atoms. The molecule has 4 heteroatoms. The highest BCUT2D eigenvalue weighted by Crippen LogP contribution is 2.28. The van der Waals surface area contributed by atoms with E-state index in [1.807, 2.05) is 84.9 Å². The molecule has 0 aromatic heterocycles. The van der Waals surface area contributed by atoms with Crippen molar-refractivity contribution in [3.8, 4) is 11.5 Å². The minimum atomic E-state index is 0.198. The maximum Gasteiger partial charge on any atom is 0.124 e. The molecule has 5 rings (SSSR count). The van der Waals surface area contributed by atoms with Crippen LogP contribution in [0.25, 0.3) is 21.5 Å². The minimum Gasteiger partial charge on any atom is -0.507 e. The van der Waals surface area contributed by atoms with Gasteiger partial charge in [-0.2, -0.15) is 0 Å². The molecule has 2 N–H and O–H groups in total. The van der Waals surface area contributed by atoms with Gasteiger partial charge in [-0.15, -0.1) is 0 Å². The lowest BCUT2D eigenvalue weighted by Gasteiger charge is -2.05. The lowest BCUT2D eigenvalue weighted by molar-refractivity contribution is 0.475. The Morgan fingerprint density at radius 3 is 1.31 bits per heavy atom. The Kier molecular flexibility index (Phi) is 5.10. The van der Waals surface area contributed by atoms with Crippen LogP contribution in [0.15, 0.2) is 107 Å². The van der Waals surface area contributed by atoms with E-state index in [9.17, 15) is 10.2 Å². The number of nitrogens with zero attached hydrogens (tertiary/aromatic N) is 2. The molecule has 0 unspecified atom stereocenters. The van der Waals surface area contributed by atoms with Crippen LogP contribution in [0.1, 0.15) is 11.1 Å². The summed E-state index contributed by atoms with van der Waals surface area (Å²) in [6.07, 6.45) is 3.37. The van der Waals surface area contributed by atoms with Gasteiger partial charge in [0.1, 0.15) is 11.5 Å². The third-order valence-corrected chi connectivity index (χ3v) is 5.43. The molecule has 0 saturated heterocycles. The van der Waals surface area contributed by atoms with Crippen molar-refractivity contribution >= 4 is 45.3 Å². The van der Waals surface area contributed by atoms with Crippen LogP contribution in [0.4, 0.5) is 11.4 Å². The molecule has 0 fully saturated rings. The Balaban J connectivity index is 1.40. The summed E-state index contributed by atoms with van der Waals surface area (Å²) in [5.74, 6) is 0.395. The largest absolute Gasteiger partial charge is 0.507 e. The molecule has 4 nitrogen and oxygen atoms in total. The quantitative estimate of drug-likeness (QED) is 0.313. The highest BCUT2D eigenvalue weighted by Gasteiger charge is 2.05. The first-order valence-corrected chi connectivity index (χ1v) is 10.3. The van der Waals surface area contributed by atoms with E-state index < -0.39 is 0 Å². The van der Waals surface area contributed by atoms with Gasteiger partial charge in [0, 0.05) is 23.6 Å². The van der Waals surface area contributed by atoms with Crippen LogP contribution in [-0.4, -0.2) is 22.6 Å². The van der Waals surface area contributed by atoms with Gasteiger partial charge < -0.3 is 10.2 Å². The number of hydrogen-bond donors (Lipinski definition) is 2. The number of benzene rings is 5. The van der Waals surface area contributed by atoms with Gasteiger partial charge in [-0.1, -0.05) is 60.7 Å². The third-order valence-electron chi connectivity index (χ3n) is 5.43. The standard InChI is InChI=1S/C28H20N2O2/c31-27-15-9-19-5-1-3-7-23(19)25(27)17-29-21-11-13-22(14-12-21)30-18-26-24-8-4-2-6-20(24)10-16-28(26)32/h1-18,31-32H/b29-17+,30-18+. The van der Waals surface area contributed by atoms with Gasteiger partial charge in [-0.25, -0.2) is 0 Å². The summed E-state index contributed by atoms with van der Waals surface area (Å²) in [6.45, 7) is 0. The fourth-order valence-electron chi connectivity index (χ4n) is 3.74. The second-order valence-corrected chi connectivity index (χ2v) is 7.47. The van der Waals surface area contributed by atoms with Crippen molar-refractivity contribution in [2.24, 2.45) is 9.98 Å². The summed E-state index contributed by atoms with van der Waals surface area (Å²) in [6, 6.07) is 30.4. The van der Waals surface area contributed by atoms with Gasteiger partial charge in [0.15, 0.2) is 0 Å². The second kappa shape index (κ2) is 8.36. The number of phenolic OH excluding ortho intramolecular Hbond substituents is 2. The van der Waals surface area contributed by atoms with Gasteiger partial charge in [-0.05, 0) is 57.9 Å². The van der Waals surface area contributed by atoms with E-state index in [1.165, 1.54) is 0 Å². The van der Waals surface area contributed by atoms with Crippen molar-refractivity contribution in [1.82, 2.24) is 0 Å². The number of aliphatic imine (C=N–C) groups is 2. The summed E-state index contributed by atoms with van der Waals surface area (Å²) in [7, 11) is 0. The minimum absolute atomic E-state index is 0.198. The number of aromatic hydroxyl groups is 2. The topological polar surface area (TPSA) is 65.2 Å². The summed E-state index contributed by atoms with van der Waals surface area (Å²) < 4.78 is 0. The molecule has 154 valence electrons. The predicted octanol–water partition coefficient (Wildman–Crippen LogP) is 6.91. The highest BCUT2D eigenvalue weighted by molar-refractivity contribution is 6.04. The van der Waals surface area contributed by atoms with Crippen LogP contribution in [0.2, 0.25) is 0 Å². The molecule has 0 aliphatic heterocycles. The highest BCUT2D eigenvalue weighted by atomic mass is 16.3. The second-order valence-electron chi connectivity index (χ2n) is 7.47. The van der Waals surface area contributed by atoms with E-state index in [2.05, 4.69) is 9.98 Å². The summed E-state index contributed by atoms with van der Waals surface area (Å²) in [4.78, 5) is 9.05. The molecule has 0 spiro atoms. The fourth-order valence-corrected chi connectivity index (χ4v) is 3.74. The molecule has 32 heavy (non-hydrogen) atoms. The van der Waals surface area contributed by atoms with Crippen LogP contribution in [0.5, 0.6) is 11.5 Å². The molecule has 0 aliphatic carbocycles. The maximum atomic E-state index is 10.3. The van der Waals surface area contributed by atoms with Crippen LogP contribution in [0, 0.1) is 0 Å². The molecule has 5 aromatic carbocycles. The lowest BCUT2D eigenvalue weighted by atomic mass is 10.0. The van der Waals surface area contributed by atoms with E-state index in [0.717, 1.165) is 32.9 Å². The Morgan fingerprint density at radius 1 is 0.469 bits per heavy atom.